The van der Waals surface area contributed by atoms with E-state index in [1.54, 1.807) is 0 Å². The molecule has 1 aliphatic rings. The molecule has 7 nitrogen and oxygen atoms in total. The molecule has 0 saturated carbocycles. The van der Waals surface area contributed by atoms with Gasteiger partial charge in [-0.25, -0.2) is 0 Å². The molecule has 1 heterocycles. The summed E-state index contributed by atoms with van der Waals surface area (Å²) in [6.45, 7) is -0.174. The zero-order valence-electron chi connectivity index (χ0n) is 12.8. The molecular weight excluding hydrogens is 371 g/mol. The monoisotopic (exact) mass is 380 g/mol. The number of imide groups is 1. The van der Waals surface area contributed by atoms with E-state index in [-0.39, 0.29) is 33.4 Å². The molecule has 2 aromatic carbocycles. The highest BCUT2D eigenvalue weighted by Crippen LogP contribution is 2.33. The molecule has 2 amide bonds. The first-order chi connectivity index (χ1) is 11.8. The zero-order valence-corrected chi connectivity index (χ0v) is 14.3. The minimum absolute atomic E-state index is 0.142. The van der Waals surface area contributed by atoms with Crippen molar-refractivity contribution in [3.05, 3.63) is 67.2 Å². The van der Waals surface area contributed by atoms with Crippen LogP contribution in [0.2, 0.25) is 10.0 Å². The molecule has 1 aliphatic heterocycles. The number of non-ortho nitro benzene ring substituents is 1. The summed E-state index contributed by atoms with van der Waals surface area (Å²) in [6, 6.07) is 6.64. The van der Waals surface area contributed by atoms with Crippen LogP contribution in [0.1, 0.15) is 26.3 Å². The van der Waals surface area contributed by atoms with Crippen LogP contribution in [0.25, 0.3) is 0 Å². The van der Waals surface area contributed by atoms with E-state index in [0.29, 0.717) is 11.3 Å². The Labute approximate surface area is 151 Å². The van der Waals surface area contributed by atoms with Crippen LogP contribution in [-0.4, -0.2) is 28.7 Å². The van der Waals surface area contributed by atoms with E-state index >= 15 is 0 Å². The summed E-state index contributed by atoms with van der Waals surface area (Å²) in [5, 5.41) is 11.3. The fraction of sp³-hybridized carbons (Fsp3) is 0.125. The van der Waals surface area contributed by atoms with Crippen molar-refractivity contribution in [1.82, 2.24) is 4.90 Å². The highest BCUT2D eigenvalue weighted by Gasteiger charge is 2.37. The van der Waals surface area contributed by atoms with Crippen LogP contribution < -0.4 is 4.74 Å². The van der Waals surface area contributed by atoms with Gasteiger partial charge in [0.15, 0.2) is 0 Å². The number of methoxy groups -OCH3 is 1. The Morgan fingerprint density at radius 1 is 1.08 bits per heavy atom. The molecule has 0 fully saturated rings. The van der Waals surface area contributed by atoms with E-state index in [1.165, 1.54) is 37.4 Å². The van der Waals surface area contributed by atoms with E-state index < -0.39 is 16.7 Å². The number of ether oxygens (including phenoxy) is 1. The van der Waals surface area contributed by atoms with Gasteiger partial charge in [0, 0.05) is 17.7 Å². The van der Waals surface area contributed by atoms with Crippen molar-refractivity contribution < 1.29 is 19.2 Å². The number of nitrogens with zero attached hydrogens (tertiary/aromatic N) is 2. The average Bonchev–Trinajstić information content (AvgIpc) is 2.80. The minimum Gasteiger partial charge on any atom is -0.496 e. The second-order valence-electron chi connectivity index (χ2n) is 5.26. The summed E-state index contributed by atoms with van der Waals surface area (Å²) in [4.78, 5) is 36.4. The Morgan fingerprint density at radius 2 is 1.64 bits per heavy atom. The highest BCUT2D eigenvalue weighted by molar-refractivity contribution is 6.43. The molecule has 0 aromatic heterocycles. The van der Waals surface area contributed by atoms with Crippen LogP contribution >= 0.6 is 23.2 Å². The number of halogens is 2. The molecule has 0 unspecified atom stereocenters. The lowest BCUT2D eigenvalue weighted by Gasteiger charge is -2.16. The van der Waals surface area contributed by atoms with Crippen molar-refractivity contribution in [2.45, 2.75) is 6.54 Å². The van der Waals surface area contributed by atoms with Crippen molar-refractivity contribution in [3.63, 3.8) is 0 Å². The number of nitro benzene ring substituents is 1. The van der Waals surface area contributed by atoms with Crippen molar-refractivity contribution in [2.24, 2.45) is 0 Å². The average molecular weight is 381 g/mol. The molecule has 0 radical (unpaired) electrons. The number of hydrogen-bond acceptors (Lipinski definition) is 5. The maximum Gasteiger partial charge on any atom is 0.270 e. The maximum atomic E-state index is 12.5. The predicted molar refractivity (Wildman–Crippen MR) is 90.3 cm³/mol. The van der Waals surface area contributed by atoms with Crippen LogP contribution in [-0.2, 0) is 6.54 Å². The Hall–Kier alpha value is -2.64. The normalized spacial score (nSPS) is 13.2. The first kappa shape index (κ1) is 17.2. The number of nitro groups is 1. The largest absolute Gasteiger partial charge is 0.496 e. The highest BCUT2D eigenvalue weighted by atomic mass is 35.5. The second-order valence-corrected chi connectivity index (χ2v) is 6.08. The first-order valence-electron chi connectivity index (χ1n) is 7.00. The lowest BCUT2D eigenvalue weighted by Crippen LogP contribution is -2.29. The van der Waals surface area contributed by atoms with Gasteiger partial charge in [-0.1, -0.05) is 23.2 Å². The lowest BCUT2D eigenvalue weighted by atomic mass is 10.1. The van der Waals surface area contributed by atoms with Gasteiger partial charge >= 0.3 is 0 Å². The Kier molecular flexibility index (Phi) is 4.36. The summed E-state index contributed by atoms with van der Waals surface area (Å²) in [7, 11) is 1.40. The molecule has 0 saturated heterocycles. The van der Waals surface area contributed by atoms with Gasteiger partial charge < -0.3 is 4.74 Å². The van der Waals surface area contributed by atoms with Crippen LogP contribution in [0.5, 0.6) is 5.75 Å². The van der Waals surface area contributed by atoms with E-state index in [9.17, 15) is 19.7 Å². The Bertz CT molecular complexity index is 888. The summed E-state index contributed by atoms with van der Waals surface area (Å²) in [5.41, 5.74) is 0.453. The predicted octanol–water partition coefficient (Wildman–Crippen LogP) is 3.71. The van der Waals surface area contributed by atoms with Crippen LogP contribution in [0, 0.1) is 10.1 Å². The number of carbonyl (C=O) groups excluding carboxylic acids is 2. The quantitative estimate of drug-likeness (QED) is 0.458. The van der Waals surface area contributed by atoms with Gasteiger partial charge in [-0.3, -0.25) is 24.6 Å². The summed E-state index contributed by atoms with van der Waals surface area (Å²) >= 11 is 11.8. The van der Waals surface area contributed by atoms with Crippen LogP contribution in [0.3, 0.4) is 0 Å². The molecule has 0 atom stereocenters. The number of rotatable bonds is 4. The van der Waals surface area contributed by atoms with Gasteiger partial charge in [0.2, 0.25) is 0 Å². The summed E-state index contributed by atoms with van der Waals surface area (Å²) < 4.78 is 5.16. The summed E-state index contributed by atoms with van der Waals surface area (Å²) in [6.07, 6.45) is 0. The molecule has 0 spiro atoms. The topological polar surface area (TPSA) is 89.8 Å². The van der Waals surface area contributed by atoms with Crippen molar-refractivity contribution in [3.8, 4) is 5.75 Å². The van der Waals surface area contributed by atoms with E-state index in [4.69, 9.17) is 27.9 Å². The molecule has 0 bridgehead atoms. The smallest absolute Gasteiger partial charge is 0.270 e. The van der Waals surface area contributed by atoms with E-state index in [1.807, 2.05) is 0 Å². The third kappa shape index (κ3) is 2.92. The third-order valence-corrected chi connectivity index (χ3v) is 4.54. The van der Waals surface area contributed by atoms with Gasteiger partial charge in [-0.2, -0.15) is 0 Å². The van der Waals surface area contributed by atoms with E-state index in [0.717, 1.165) is 4.90 Å². The van der Waals surface area contributed by atoms with Crippen molar-refractivity contribution in [1.29, 1.82) is 0 Å². The van der Waals surface area contributed by atoms with Gasteiger partial charge in [0.25, 0.3) is 17.5 Å². The number of fused-ring (bicyclic) bond motifs is 1. The number of amides is 2. The van der Waals surface area contributed by atoms with Gasteiger partial charge in [-0.15, -0.1) is 0 Å². The number of benzene rings is 2. The molecule has 0 N–H and O–H groups in total. The molecule has 25 heavy (non-hydrogen) atoms. The van der Waals surface area contributed by atoms with Crippen LogP contribution in [0.4, 0.5) is 5.69 Å². The standard InChI is InChI=1S/C16H10Cl2N2O5/c1-25-14-3-2-9(20(23)24)4-8(14)7-19-15(21)10-5-12(17)13(18)6-11(10)16(19)22/h2-6H,7H2,1H3. The van der Waals surface area contributed by atoms with Crippen LogP contribution in [0.15, 0.2) is 30.3 Å². The minimum atomic E-state index is -0.565. The van der Waals surface area contributed by atoms with Gasteiger partial charge in [0.1, 0.15) is 5.75 Å². The molecule has 2 aromatic rings. The van der Waals surface area contributed by atoms with Crippen molar-refractivity contribution in [2.75, 3.05) is 7.11 Å². The van der Waals surface area contributed by atoms with E-state index in [2.05, 4.69) is 0 Å². The lowest BCUT2D eigenvalue weighted by molar-refractivity contribution is -0.384. The molecular formula is C16H10Cl2N2O5. The number of hydrogen-bond donors (Lipinski definition) is 0. The SMILES string of the molecule is COc1ccc([N+](=O)[O-])cc1CN1C(=O)c2cc(Cl)c(Cl)cc2C1=O. The second kappa shape index (κ2) is 6.34. The third-order valence-electron chi connectivity index (χ3n) is 3.81. The fourth-order valence-corrected chi connectivity index (χ4v) is 2.93. The Balaban J connectivity index is 2.00. The summed E-state index contributed by atoms with van der Waals surface area (Å²) in [5.74, 6) is -0.766. The molecule has 9 heteroatoms. The Morgan fingerprint density at radius 3 is 2.12 bits per heavy atom. The molecule has 3 rings (SSSR count). The molecule has 128 valence electrons. The number of carbonyl (C=O) groups is 2. The first-order valence-corrected chi connectivity index (χ1v) is 7.75. The van der Waals surface area contributed by atoms with Crippen molar-refractivity contribution >= 4 is 40.7 Å². The maximum absolute atomic E-state index is 12.5. The van der Waals surface area contributed by atoms with Gasteiger partial charge in [0.05, 0.1) is 39.8 Å². The fourth-order valence-electron chi connectivity index (χ4n) is 2.60. The van der Waals surface area contributed by atoms with Gasteiger partial charge in [-0.05, 0) is 18.2 Å². The zero-order chi connectivity index (χ0) is 18.3. The molecule has 0 aliphatic carbocycles.